The van der Waals surface area contributed by atoms with Crippen LogP contribution in [0.5, 0.6) is 0 Å². The number of hydrogen-bond acceptors (Lipinski definition) is 2. The highest BCUT2D eigenvalue weighted by atomic mass is 32.1. The van der Waals surface area contributed by atoms with E-state index in [4.69, 9.17) is 0 Å². The molecule has 2 N–H and O–H groups in total. The van der Waals surface area contributed by atoms with Crippen LogP contribution in [0.4, 0.5) is 0 Å². The Morgan fingerprint density at radius 2 is 2.14 bits per heavy atom. The van der Waals surface area contributed by atoms with Crippen LogP contribution in [0, 0.1) is 0 Å². The molecule has 4 rings (SSSR count). The number of rotatable bonds is 2. The van der Waals surface area contributed by atoms with E-state index in [0.29, 0.717) is 0 Å². The minimum atomic E-state index is 0.0292. The van der Waals surface area contributed by atoms with E-state index in [0.717, 1.165) is 24.1 Å². The van der Waals surface area contributed by atoms with Gasteiger partial charge in [-0.05, 0) is 42.3 Å². The van der Waals surface area contributed by atoms with Crippen LogP contribution in [0.25, 0.3) is 10.9 Å². The Balaban J connectivity index is 1.68. The quantitative estimate of drug-likeness (QED) is 0.736. The van der Waals surface area contributed by atoms with Crippen molar-refractivity contribution in [2.45, 2.75) is 25.3 Å². The fraction of sp³-hybridized carbons (Fsp3) is 0.235. The third-order valence-corrected chi connectivity index (χ3v) is 5.03. The number of thiophene rings is 1. The molecule has 21 heavy (non-hydrogen) atoms. The molecule has 106 valence electrons. The Morgan fingerprint density at radius 3 is 3.00 bits per heavy atom. The molecule has 0 radical (unpaired) electrons. The normalized spacial score (nSPS) is 17.6. The third kappa shape index (κ3) is 2.16. The summed E-state index contributed by atoms with van der Waals surface area (Å²) < 4.78 is 0. The van der Waals surface area contributed by atoms with Crippen molar-refractivity contribution >= 4 is 28.1 Å². The minimum Gasteiger partial charge on any atom is -0.356 e. The first-order valence-electron chi connectivity index (χ1n) is 7.27. The molecule has 1 aromatic carbocycles. The molecule has 0 fully saturated rings. The summed E-state index contributed by atoms with van der Waals surface area (Å²) in [5.41, 5.74) is 3.72. The largest absolute Gasteiger partial charge is 0.356 e. The highest BCUT2D eigenvalue weighted by molar-refractivity contribution is 7.12. The zero-order valence-corrected chi connectivity index (χ0v) is 12.4. The predicted octanol–water partition coefficient (Wildman–Crippen LogP) is 4.04. The number of nitrogens with one attached hydrogen (secondary N) is 2. The van der Waals surface area contributed by atoms with Crippen LogP contribution in [0.15, 0.2) is 41.8 Å². The lowest BCUT2D eigenvalue weighted by Crippen LogP contribution is -2.30. The van der Waals surface area contributed by atoms with Gasteiger partial charge in [-0.25, -0.2) is 0 Å². The number of carbonyl (C=O) groups is 1. The average Bonchev–Trinajstić information content (AvgIpc) is 3.15. The zero-order valence-electron chi connectivity index (χ0n) is 11.6. The summed E-state index contributed by atoms with van der Waals surface area (Å²) in [6, 6.07) is 12.3. The van der Waals surface area contributed by atoms with Crippen molar-refractivity contribution in [1.29, 1.82) is 0 Å². The number of fused-ring (bicyclic) bond motifs is 3. The SMILES string of the molecule is O=C(N[C@@H]1CCCc2c1[nH]c1ccccc21)c1cccs1. The molecular formula is C17H16N2OS. The van der Waals surface area contributed by atoms with Gasteiger partial charge in [-0.2, -0.15) is 0 Å². The topological polar surface area (TPSA) is 44.9 Å². The maximum absolute atomic E-state index is 12.3. The Hall–Kier alpha value is -2.07. The second-order valence-electron chi connectivity index (χ2n) is 5.46. The number of amides is 1. The van der Waals surface area contributed by atoms with Gasteiger partial charge in [-0.15, -0.1) is 11.3 Å². The summed E-state index contributed by atoms with van der Waals surface area (Å²) in [5, 5.41) is 6.41. The molecule has 4 heteroatoms. The summed E-state index contributed by atoms with van der Waals surface area (Å²) in [7, 11) is 0. The minimum absolute atomic E-state index is 0.0292. The van der Waals surface area contributed by atoms with Gasteiger partial charge in [0.1, 0.15) is 0 Å². The van der Waals surface area contributed by atoms with Crippen molar-refractivity contribution in [2.24, 2.45) is 0 Å². The summed E-state index contributed by atoms with van der Waals surface area (Å²) in [6.07, 6.45) is 3.20. The molecule has 0 unspecified atom stereocenters. The maximum Gasteiger partial charge on any atom is 0.261 e. The number of benzene rings is 1. The second-order valence-corrected chi connectivity index (χ2v) is 6.41. The van der Waals surface area contributed by atoms with Crippen molar-refractivity contribution in [3.05, 3.63) is 57.9 Å². The van der Waals surface area contributed by atoms with Gasteiger partial charge in [-0.3, -0.25) is 4.79 Å². The van der Waals surface area contributed by atoms with Crippen LogP contribution in [-0.2, 0) is 6.42 Å². The van der Waals surface area contributed by atoms with Crippen LogP contribution in [0.3, 0.4) is 0 Å². The van der Waals surface area contributed by atoms with Crippen molar-refractivity contribution in [3.8, 4) is 0 Å². The molecule has 1 atom stereocenters. The molecule has 0 saturated heterocycles. The van der Waals surface area contributed by atoms with Gasteiger partial charge < -0.3 is 10.3 Å². The van der Waals surface area contributed by atoms with E-state index in [-0.39, 0.29) is 11.9 Å². The Bertz CT molecular complexity index is 788. The van der Waals surface area contributed by atoms with Crippen LogP contribution in [-0.4, -0.2) is 10.9 Å². The lowest BCUT2D eigenvalue weighted by molar-refractivity contribution is 0.0936. The number of carbonyl (C=O) groups excluding carboxylic acids is 1. The summed E-state index contributed by atoms with van der Waals surface area (Å²) >= 11 is 1.48. The van der Waals surface area contributed by atoms with E-state index in [1.807, 2.05) is 23.6 Å². The average molecular weight is 296 g/mol. The maximum atomic E-state index is 12.3. The van der Waals surface area contributed by atoms with E-state index in [1.54, 1.807) is 0 Å². The molecular weight excluding hydrogens is 280 g/mol. The Morgan fingerprint density at radius 1 is 1.24 bits per heavy atom. The Labute approximate surface area is 127 Å². The van der Waals surface area contributed by atoms with E-state index in [1.165, 1.54) is 33.5 Å². The number of hydrogen-bond donors (Lipinski definition) is 2. The van der Waals surface area contributed by atoms with Crippen LogP contribution < -0.4 is 5.32 Å². The molecule has 1 aliphatic rings. The smallest absolute Gasteiger partial charge is 0.261 e. The molecule has 2 heterocycles. The Kier molecular flexibility index (Phi) is 3.04. The van der Waals surface area contributed by atoms with Crippen LogP contribution in [0.2, 0.25) is 0 Å². The van der Waals surface area contributed by atoms with Crippen molar-refractivity contribution in [2.75, 3.05) is 0 Å². The molecule has 0 aliphatic heterocycles. The van der Waals surface area contributed by atoms with Gasteiger partial charge in [-0.1, -0.05) is 24.3 Å². The van der Waals surface area contributed by atoms with E-state index < -0.39 is 0 Å². The number of aromatic nitrogens is 1. The highest BCUT2D eigenvalue weighted by Gasteiger charge is 2.25. The highest BCUT2D eigenvalue weighted by Crippen LogP contribution is 2.34. The standard InChI is InChI=1S/C17H16N2OS/c20-17(15-9-4-10-21-15)19-14-8-3-6-12-11-5-1-2-7-13(11)18-16(12)14/h1-2,4-5,7,9-10,14,18H,3,6,8H2,(H,19,20)/t14-/m1/s1. The predicted molar refractivity (Wildman–Crippen MR) is 85.8 cm³/mol. The van der Waals surface area contributed by atoms with Crippen molar-refractivity contribution in [3.63, 3.8) is 0 Å². The van der Waals surface area contributed by atoms with Gasteiger partial charge in [0.05, 0.1) is 10.9 Å². The number of H-pyrrole nitrogens is 1. The lowest BCUT2D eigenvalue weighted by Gasteiger charge is -2.23. The fourth-order valence-corrected chi connectivity index (χ4v) is 3.82. The van der Waals surface area contributed by atoms with Gasteiger partial charge in [0.15, 0.2) is 0 Å². The molecule has 1 aliphatic carbocycles. The van der Waals surface area contributed by atoms with Crippen LogP contribution in [0.1, 0.15) is 39.8 Å². The number of aryl methyl sites for hydroxylation is 1. The summed E-state index contributed by atoms with van der Waals surface area (Å²) in [6.45, 7) is 0. The zero-order chi connectivity index (χ0) is 14.2. The fourth-order valence-electron chi connectivity index (χ4n) is 3.20. The molecule has 0 saturated carbocycles. The lowest BCUT2D eigenvalue weighted by atomic mass is 9.91. The number of para-hydroxylation sites is 1. The molecule has 1 amide bonds. The first kappa shape index (κ1) is 12.7. The van der Waals surface area contributed by atoms with Crippen LogP contribution >= 0.6 is 11.3 Å². The van der Waals surface area contributed by atoms with Crippen molar-refractivity contribution in [1.82, 2.24) is 10.3 Å². The first-order chi connectivity index (χ1) is 10.3. The summed E-state index contributed by atoms with van der Waals surface area (Å²) in [4.78, 5) is 16.6. The van der Waals surface area contributed by atoms with Gasteiger partial charge in [0, 0.05) is 16.6 Å². The van der Waals surface area contributed by atoms with E-state index in [9.17, 15) is 4.79 Å². The second kappa shape index (κ2) is 5.04. The molecule has 0 bridgehead atoms. The van der Waals surface area contributed by atoms with E-state index >= 15 is 0 Å². The first-order valence-corrected chi connectivity index (χ1v) is 8.15. The molecule has 0 spiro atoms. The van der Waals surface area contributed by atoms with Gasteiger partial charge in [0.2, 0.25) is 0 Å². The van der Waals surface area contributed by atoms with Crippen molar-refractivity contribution < 1.29 is 4.79 Å². The molecule has 3 nitrogen and oxygen atoms in total. The monoisotopic (exact) mass is 296 g/mol. The summed E-state index contributed by atoms with van der Waals surface area (Å²) in [5.74, 6) is 0.0292. The van der Waals surface area contributed by atoms with Gasteiger partial charge >= 0.3 is 0 Å². The third-order valence-electron chi connectivity index (χ3n) is 4.16. The molecule has 2 aromatic heterocycles. The number of aromatic amines is 1. The van der Waals surface area contributed by atoms with Gasteiger partial charge in [0.25, 0.3) is 5.91 Å². The van der Waals surface area contributed by atoms with E-state index in [2.05, 4.69) is 28.5 Å². The molecule has 3 aromatic rings.